The van der Waals surface area contributed by atoms with E-state index in [4.69, 9.17) is 4.98 Å². The van der Waals surface area contributed by atoms with Gasteiger partial charge in [0, 0.05) is 17.0 Å². The molecule has 3 heteroatoms. The zero-order valence-electron chi connectivity index (χ0n) is 10.4. The first-order chi connectivity index (χ1) is 8.36. The number of nitrogens with zero attached hydrogens (tertiary/aromatic N) is 1. The van der Waals surface area contributed by atoms with Crippen molar-refractivity contribution in [1.29, 1.82) is 0 Å². The van der Waals surface area contributed by atoms with Gasteiger partial charge in [-0.3, -0.25) is 0 Å². The van der Waals surface area contributed by atoms with Crippen molar-refractivity contribution in [3.8, 4) is 0 Å². The van der Waals surface area contributed by atoms with Gasteiger partial charge < -0.3 is 5.32 Å². The molecule has 3 rings (SSSR count). The van der Waals surface area contributed by atoms with Gasteiger partial charge in [0.1, 0.15) is 0 Å². The molecule has 2 aliphatic rings. The maximum Gasteiger partial charge on any atom is 0.0928 e. The maximum atomic E-state index is 4.76. The first-order valence-corrected chi connectivity index (χ1v) is 7.58. The molecule has 0 aromatic carbocycles. The Morgan fingerprint density at radius 1 is 1.41 bits per heavy atom. The van der Waals surface area contributed by atoms with E-state index in [2.05, 4.69) is 24.4 Å². The molecule has 1 unspecified atom stereocenters. The quantitative estimate of drug-likeness (QED) is 0.829. The van der Waals surface area contributed by atoms with Gasteiger partial charge in [-0.1, -0.05) is 19.1 Å². The van der Waals surface area contributed by atoms with Crippen molar-refractivity contribution in [3.05, 3.63) is 27.7 Å². The Morgan fingerprint density at radius 2 is 2.24 bits per heavy atom. The molecule has 1 N–H and O–H groups in total. The SMILES string of the molecule is CCc1nc2c(s1)C(NC1CC=CC1)CCC2. The molecular formula is C14H20N2S. The van der Waals surface area contributed by atoms with Crippen molar-refractivity contribution >= 4 is 11.3 Å². The standard InChI is InChI=1S/C14H20N2S/c1-2-13-16-12-9-5-8-11(14(12)17-13)15-10-6-3-4-7-10/h3-4,10-11,15H,2,5-9H2,1H3. The molecule has 1 aromatic rings. The molecule has 0 bridgehead atoms. The number of rotatable bonds is 3. The van der Waals surface area contributed by atoms with E-state index in [9.17, 15) is 0 Å². The summed E-state index contributed by atoms with van der Waals surface area (Å²) < 4.78 is 0. The number of aromatic nitrogens is 1. The second kappa shape index (κ2) is 4.91. The molecule has 2 aliphatic carbocycles. The number of fused-ring (bicyclic) bond motifs is 1. The van der Waals surface area contributed by atoms with Crippen molar-refractivity contribution in [3.63, 3.8) is 0 Å². The van der Waals surface area contributed by atoms with Gasteiger partial charge in [-0.05, 0) is 38.5 Å². The summed E-state index contributed by atoms with van der Waals surface area (Å²) in [6, 6.07) is 1.24. The first kappa shape index (κ1) is 11.4. The van der Waals surface area contributed by atoms with E-state index in [-0.39, 0.29) is 0 Å². The molecule has 2 nitrogen and oxygen atoms in total. The van der Waals surface area contributed by atoms with Gasteiger partial charge in [-0.25, -0.2) is 4.98 Å². The van der Waals surface area contributed by atoms with Crippen molar-refractivity contribution in [1.82, 2.24) is 10.3 Å². The zero-order chi connectivity index (χ0) is 11.7. The highest BCUT2D eigenvalue weighted by molar-refractivity contribution is 7.11. The summed E-state index contributed by atoms with van der Waals surface area (Å²) in [5.41, 5.74) is 1.38. The van der Waals surface area contributed by atoms with Gasteiger partial charge in [0.15, 0.2) is 0 Å². The molecular weight excluding hydrogens is 228 g/mol. The van der Waals surface area contributed by atoms with E-state index in [0.717, 1.165) is 6.42 Å². The lowest BCUT2D eigenvalue weighted by Crippen LogP contribution is -2.32. The predicted molar refractivity (Wildman–Crippen MR) is 72.5 cm³/mol. The maximum absolute atomic E-state index is 4.76. The predicted octanol–water partition coefficient (Wildman–Crippen LogP) is 3.39. The lowest BCUT2D eigenvalue weighted by atomic mass is 9.97. The van der Waals surface area contributed by atoms with Crippen LogP contribution in [-0.2, 0) is 12.8 Å². The monoisotopic (exact) mass is 248 g/mol. The van der Waals surface area contributed by atoms with Crippen molar-refractivity contribution in [2.24, 2.45) is 0 Å². The van der Waals surface area contributed by atoms with Gasteiger partial charge in [0.2, 0.25) is 0 Å². The van der Waals surface area contributed by atoms with Gasteiger partial charge in [0.25, 0.3) is 0 Å². The molecule has 0 radical (unpaired) electrons. The van der Waals surface area contributed by atoms with Crippen LogP contribution >= 0.6 is 11.3 Å². The summed E-state index contributed by atoms with van der Waals surface area (Å²) in [5, 5.41) is 5.13. The number of nitrogens with one attached hydrogen (secondary N) is 1. The molecule has 1 aromatic heterocycles. The molecule has 0 aliphatic heterocycles. The average Bonchev–Trinajstić information content (AvgIpc) is 2.97. The highest BCUT2D eigenvalue weighted by Gasteiger charge is 2.26. The normalized spacial score (nSPS) is 24.2. The largest absolute Gasteiger partial charge is 0.306 e. The lowest BCUT2D eigenvalue weighted by Gasteiger charge is -2.25. The molecule has 0 spiro atoms. The minimum absolute atomic E-state index is 0.571. The highest BCUT2D eigenvalue weighted by Crippen LogP contribution is 2.35. The van der Waals surface area contributed by atoms with E-state index >= 15 is 0 Å². The van der Waals surface area contributed by atoms with E-state index in [1.54, 1.807) is 0 Å². The molecule has 1 atom stereocenters. The van der Waals surface area contributed by atoms with Crippen LogP contribution in [0.25, 0.3) is 0 Å². The molecule has 0 saturated carbocycles. The van der Waals surface area contributed by atoms with Crippen molar-refractivity contribution in [2.75, 3.05) is 0 Å². The summed E-state index contributed by atoms with van der Waals surface area (Å²) in [4.78, 5) is 6.28. The topological polar surface area (TPSA) is 24.9 Å². The summed E-state index contributed by atoms with van der Waals surface area (Å²) in [7, 11) is 0. The van der Waals surface area contributed by atoms with Crippen LogP contribution in [0.2, 0.25) is 0 Å². The third-order valence-corrected chi connectivity index (χ3v) is 5.10. The Morgan fingerprint density at radius 3 is 3.00 bits per heavy atom. The fraction of sp³-hybridized carbons (Fsp3) is 0.643. The highest BCUT2D eigenvalue weighted by atomic mass is 32.1. The van der Waals surface area contributed by atoms with E-state index in [1.165, 1.54) is 47.7 Å². The van der Waals surface area contributed by atoms with Crippen LogP contribution in [0.15, 0.2) is 12.2 Å². The van der Waals surface area contributed by atoms with Gasteiger partial charge in [0.05, 0.1) is 10.7 Å². The average molecular weight is 248 g/mol. The number of thiazole rings is 1. The first-order valence-electron chi connectivity index (χ1n) is 6.76. The van der Waals surface area contributed by atoms with Crippen LogP contribution in [-0.4, -0.2) is 11.0 Å². The second-order valence-electron chi connectivity index (χ2n) is 5.02. The summed E-state index contributed by atoms with van der Waals surface area (Å²) in [6.45, 7) is 2.20. The Balaban J connectivity index is 1.76. The van der Waals surface area contributed by atoms with E-state index in [0.29, 0.717) is 12.1 Å². The number of hydrogen-bond donors (Lipinski definition) is 1. The minimum Gasteiger partial charge on any atom is -0.306 e. The molecule has 0 fully saturated rings. The van der Waals surface area contributed by atoms with Crippen molar-refractivity contribution in [2.45, 2.75) is 57.5 Å². The molecule has 0 amide bonds. The number of hydrogen-bond acceptors (Lipinski definition) is 3. The zero-order valence-corrected chi connectivity index (χ0v) is 11.2. The van der Waals surface area contributed by atoms with Crippen LogP contribution < -0.4 is 5.32 Å². The van der Waals surface area contributed by atoms with Crippen LogP contribution in [0.3, 0.4) is 0 Å². The summed E-state index contributed by atoms with van der Waals surface area (Å²) in [6.07, 6.45) is 11.8. The number of aryl methyl sites for hydroxylation is 2. The summed E-state index contributed by atoms with van der Waals surface area (Å²) in [5.74, 6) is 0. The molecule has 0 saturated heterocycles. The smallest absolute Gasteiger partial charge is 0.0928 e. The van der Waals surface area contributed by atoms with Gasteiger partial charge in [-0.15, -0.1) is 11.3 Å². The third-order valence-electron chi connectivity index (χ3n) is 3.74. The third kappa shape index (κ3) is 2.31. The van der Waals surface area contributed by atoms with Crippen LogP contribution in [0.1, 0.15) is 54.2 Å². The Hall–Kier alpha value is -0.670. The molecule has 17 heavy (non-hydrogen) atoms. The van der Waals surface area contributed by atoms with Crippen LogP contribution in [0.4, 0.5) is 0 Å². The Kier molecular flexibility index (Phi) is 3.30. The van der Waals surface area contributed by atoms with E-state index < -0.39 is 0 Å². The van der Waals surface area contributed by atoms with Crippen LogP contribution in [0.5, 0.6) is 0 Å². The lowest BCUT2D eigenvalue weighted by molar-refractivity contribution is 0.407. The second-order valence-corrected chi connectivity index (χ2v) is 6.14. The fourth-order valence-electron chi connectivity index (χ4n) is 2.82. The molecule has 92 valence electrons. The Labute approximate surface area is 107 Å². The Bertz CT molecular complexity index is 414. The van der Waals surface area contributed by atoms with Gasteiger partial charge in [-0.2, -0.15) is 0 Å². The minimum atomic E-state index is 0.571. The summed E-state index contributed by atoms with van der Waals surface area (Å²) >= 11 is 1.93. The molecule has 1 heterocycles. The van der Waals surface area contributed by atoms with E-state index in [1.807, 2.05) is 11.3 Å². The van der Waals surface area contributed by atoms with Crippen LogP contribution in [0, 0.1) is 0 Å². The fourth-order valence-corrected chi connectivity index (χ4v) is 3.97. The van der Waals surface area contributed by atoms with Crippen molar-refractivity contribution < 1.29 is 0 Å². The van der Waals surface area contributed by atoms with Gasteiger partial charge >= 0.3 is 0 Å².